The molecule has 6 nitrogen and oxygen atoms in total. The van der Waals surface area contributed by atoms with Crippen molar-refractivity contribution in [1.82, 2.24) is 25.1 Å². The minimum Gasteiger partial charge on any atom is -0.336 e. The van der Waals surface area contributed by atoms with Gasteiger partial charge in [-0.1, -0.05) is 37.0 Å². The van der Waals surface area contributed by atoms with Gasteiger partial charge in [0.1, 0.15) is 0 Å². The number of hydrogen-bond donors (Lipinski definition) is 0. The highest BCUT2D eigenvalue weighted by molar-refractivity contribution is 5.90. The number of tetrazole rings is 1. The van der Waals surface area contributed by atoms with E-state index in [1.807, 2.05) is 38.2 Å². The summed E-state index contributed by atoms with van der Waals surface area (Å²) in [6.07, 6.45) is 5.76. The molecule has 22 heavy (non-hydrogen) atoms. The summed E-state index contributed by atoms with van der Waals surface area (Å²) in [7, 11) is 1.84. The van der Waals surface area contributed by atoms with Crippen LogP contribution in [0.5, 0.6) is 0 Å². The highest BCUT2D eigenvalue weighted by Crippen LogP contribution is 2.22. The molecule has 0 N–H and O–H groups in total. The Morgan fingerprint density at radius 3 is 2.55 bits per heavy atom. The smallest absolute Gasteiger partial charge is 0.295 e. The maximum Gasteiger partial charge on any atom is 0.295 e. The van der Waals surface area contributed by atoms with Gasteiger partial charge in [-0.05, 0) is 37.1 Å². The second-order valence-electron chi connectivity index (χ2n) is 5.95. The lowest BCUT2D eigenvalue weighted by Crippen LogP contribution is -2.38. The molecule has 1 saturated carbocycles. The van der Waals surface area contributed by atoms with Crippen LogP contribution in [0.3, 0.4) is 0 Å². The van der Waals surface area contributed by atoms with Gasteiger partial charge in [-0.25, -0.2) is 0 Å². The van der Waals surface area contributed by atoms with Crippen molar-refractivity contribution in [2.45, 2.75) is 45.1 Å². The minimum absolute atomic E-state index is 0.148. The average Bonchev–Trinajstić information content (AvgIpc) is 3.05. The number of carbonyl (C=O) groups excluding carboxylic acids is 1. The Morgan fingerprint density at radius 1 is 1.18 bits per heavy atom. The van der Waals surface area contributed by atoms with Crippen LogP contribution in [0.15, 0.2) is 24.3 Å². The van der Waals surface area contributed by atoms with Gasteiger partial charge >= 0.3 is 0 Å². The van der Waals surface area contributed by atoms with Crippen LogP contribution in [-0.2, 0) is 0 Å². The first-order valence-corrected chi connectivity index (χ1v) is 7.79. The first-order valence-electron chi connectivity index (χ1n) is 7.79. The van der Waals surface area contributed by atoms with E-state index in [9.17, 15) is 4.79 Å². The largest absolute Gasteiger partial charge is 0.336 e. The van der Waals surface area contributed by atoms with Gasteiger partial charge in [0.25, 0.3) is 11.7 Å². The monoisotopic (exact) mass is 299 g/mol. The summed E-state index contributed by atoms with van der Waals surface area (Å²) < 4.78 is 0. The van der Waals surface area contributed by atoms with Crippen molar-refractivity contribution in [3.8, 4) is 5.69 Å². The molecular weight excluding hydrogens is 278 g/mol. The molecule has 1 aliphatic carbocycles. The summed E-state index contributed by atoms with van der Waals surface area (Å²) >= 11 is 0. The van der Waals surface area contributed by atoms with Gasteiger partial charge in [-0.3, -0.25) is 4.79 Å². The van der Waals surface area contributed by atoms with Crippen LogP contribution in [0.25, 0.3) is 5.69 Å². The molecule has 0 atom stereocenters. The van der Waals surface area contributed by atoms with Crippen LogP contribution in [0.1, 0.15) is 48.3 Å². The van der Waals surface area contributed by atoms with Crippen molar-refractivity contribution < 1.29 is 4.79 Å². The number of aryl methyl sites for hydroxylation is 1. The second kappa shape index (κ2) is 6.25. The first kappa shape index (κ1) is 14.7. The molecule has 2 aromatic rings. The SMILES string of the molecule is Cc1ccc(-n2nnc(C(=O)N(C)C3CCCCC3)n2)cc1. The number of carbonyl (C=O) groups is 1. The maximum absolute atomic E-state index is 12.5. The Labute approximate surface area is 130 Å². The minimum atomic E-state index is -0.148. The standard InChI is InChI=1S/C16H21N5O/c1-12-8-10-14(11-9-12)21-18-15(17-19-21)16(22)20(2)13-6-4-3-5-7-13/h8-11,13H,3-7H2,1-2H3. The van der Waals surface area contributed by atoms with Crippen LogP contribution >= 0.6 is 0 Å². The average molecular weight is 299 g/mol. The van der Waals surface area contributed by atoms with Crippen LogP contribution < -0.4 is 0 Å². The van der Waals surface area contributed by atoms with Gasteiger partial charge in [0.2, 0.25) is 0 Å². The fourth-order valence-electron chi connectivity index (χ4n) is 2.88. The molecule has 1 aromatic heterocycles. The van der Waals surface area contributed by atoms with E-state index in [0.29, 0.717) is 6.04 Å². The van der Waals surface area contributed by atoms with E-state index in [2.05, 4.69) is 15.4 Å². The van der Waals surface area contributed by atoms with Crippen molar-refractivity contribution in [2.24, 2.45) is 0 Å². The molecule has 1 amide bonds. The molecule has 0 saturated heterocycles. The third-order valence-corrected chi connectivity index (χ3v) is 4.31. The lowest BCUT2D eigenvalue weighted by Gasteiger charge is -2.30. The number of aromatic nitrogens is 4. The molecule has 1 aromatic carbocycles. The van der Waals surface area contributed by atoms with E-state index in [0.717, 1.165) is 24.1 Å². The summed E-state index contributed by atoms with van der Waals surface area (Å²) in [4.78, 5) is 15.7. The number of hydrogen-bond acceptors (Lipinski definition) is 4. The maximum atomic E-state index is 12.5. The third kappa shape index (κ3) is 3.00. The lowest BCUT2D eigenvalue weighted by molar-refractivity contribution is 0.0683. The molecule has 0 spiro atoms. The van der Waals surface area contributed by atoms with Crippen molar-refractivity contribution in [3.05, 3.63) is 35.7 Å². The van der Waals surface area contributed by atoms with Crippen molar-refractivity contribution in [3.63, 3.8) is 0 Å². The number of benzene rings is 1. The summed E-state index contributed by atoms with van der Waals surface area (Å²) in [5, 5.41) is 12.1. The number of rotatable bonds is 3. The molecule has 1 fully saturated rings. The van der Waals surface area contributed by atoms with Gasteiger partial charge < -0.3 is 4.90 Å². The molecule has 116 valence electrons. The number of amides is 1. The van der Waals surface area contributed by atoms with Crippen molar-refractivity contribution >= 4 is 5.91 Å². The summed E-state index contributed by atoms with van der Waals surface area (Å²) in [5.74, 6) is 0.0129. The Balaban J connectivity index is 1.75. The van der Waals surface area contributed by atoms with E-state index in [4.69, 9.17) is 0 Å². The predicted octanol–water partition coefficient (Wildman–Crippen LogP) is 2.38. The van der Waals surface area contributed by atoms with Crippen LogP contribution in [0.2, 0.25) is 0 Å². The van der Waals surface area contributed by atoms with Crippen molar-refractivity contribution in [1.29, 1.82) is 0 Å². The zero-order valence-electron chi connectivity index (χ0n) is 13.1. The highest BCUT2D eigenvalue weighted by atomic mass is 16.2. The Hall–Kier alpha value is -2.24. The lowest BCUT2D eigenvalue weighted by atomic mass is 9.94. The molecule has 0 radical (unpaired) electrons. The topological polar surface area (TPSA) is 63.9 Å². The molecule has 6 heteroatoms. The van der Waals surface area contributed by atoms with E-state index in [1.165, 1.54) is 24.1 Å². The molecule has 0 unspecified atom stereocenters. The quantitative estimate of drug-likeness (QED) is 0.873. The first-order chi connectivity index (χ1) is 10.6. The Morgan fingerprint density at radius 2 is 1.86 bits per heavy atom. The van der Waals surface area contributed by atoms with Gasteiger partial charge in [0.05, 0.1) is 5.69 Å². The summed E-state index contributed by atoms with van der Waals surface area (Å²) in [5.41, 5.74) is 1.97. The van der Waals surface area contributed by atoms with Crippen molar-refractivity contribution in [2.75, 3.05) is 7.05 Å². The van der Waals surface area contributed by atoms with E-state index in [-0.39, 0.29) is 11.7 Å². The van der Waals surface area contributed by atoms with Crippen LogP contribution in [0.4, 0.5) is 0 Å². The van der Waals surface area contributed by atoms with E-state index < -0.39 is 0 Å². The zero-order valence-corrected chi connectivity index (χ0v) is 13.1. The fraction of sp³-hybridized carbons (Fsp3) is 0.500. The number of nitrogens with zero attached hydrogens (tertiary/aromatic N) is 5. The summed E-state index contributed by atoms with van der Waals surface area (Å²) in [6.45, 7) is 2.02. The van der Waals surface area contributed by atoms with Crippen LogP contribution in [-0.4, -0.2) is 44.1 Å². The highest BCUT2D eigenvalue weighted by Gasteiger charge is 2.25. The van der Waals surface area contributed by atoms with Gasteiger partial charge in [0.15, 0.2) is 0 Å². The normalized spacial score (nSPS) is 15.7. The molecule has 0 bridgehead atoms. The summed E-state index contributed by atoms with van der Waals surface area (Å²) in [6, 6.07) is 8.09. The predicted molar refractivity (Wildman–Crippen MR) is 82.9 cm³/mol. The molecule has 1 heterocycles. The molecule has 3 rings (SSSR count). The Bertz CT molecular complexity index is 643. The molecule has 0 aliphatic heterocycles. The Kier molecular flexibility index (Phi) is 4.18. The van der Waals surface area contributed by atoms with Crippen LogP contribution in [0, 0.1) is 6.92 Å². The van der Waals surface area contributed by atoms with E-state index in [1.54, 1.807) is 4.90 Å². The molecular formula is C16H21N5O. The van der Waals surface area contributed by atoms with Gasteiger partial charge in [0, 0.05) is 13.1 Å². The van der Waals surface area contributed by atoms with E-state index >= 15 is 0 Å². The third-order valence-electron chi connectivity index (χ3n) is 4.31. The zero-order chi connectivity index (χ0) is 15.5. The van der Waals surface area contributed by atoms with Gasteiger partial charge in [-0.2, -0.15) is 0 Å². The fourth-order valence-corrected chi connectivity index (χ4v) is 2.88. The molecule has 1 aliphatic rings. The van der Waals surface area contributed by atoms with Gasteiger partial charge in [-0.15, -0.1) is 15.0 Å². The second-order valence-corrected chi connectivity index (χ2v) is 5.95.